The Balaban J connectivity index is 2.40. The molecular weight excluding hydrogens is 206 g/mol. The Morgan fingerprint density at radius 2 is 2.25 bits per heavy atom. The highest BCUT2D eigenvalue weighted by Crippen LogP contribution is 2.09. The Morgan fingerprint density at radius 1 is 1.56 bits per heavy atom. The Kier molecular flexibility index (Phi) is 4.00. The van der Waals surface area contributed by atoms with Gasteiger partial charge in [-0.25, -0.2) is 4.68 Å². The van der Waals surface area contributed by atoms with Gasteiger partial charge >= 0.3 is 0 Å². The molecule has 0 aliphatic carbocycles. The second-order valence-corrected chi connectivity index (χ2v) is 4.95. The fourth-order valence-electron chi connectivity index (χ4n) is 1.08. The molecule has 0 radical (unpaired) electrons. The number of aromatic nitrogens is 3. The molecule has 0 aromatic carbocycles. The average molecular weight is 225 g/mol. The molecule has 1 aromatic rings. The maximum absolute atomic E-state index is 11.5. The number of nitrogens with zero attached hydrogens (tertiary/aromatic N) is 3. The van der Waals surface area contributed by atoms with E-state index in [1.807, 2.05) is 0 Å². The number of carbonyl (C=O) groups is 1. The van der Waals surface area contributed by atoms with Crippen LogP contribution in [0.15, 0.2) is 6.20 Å². The zero-order valence-corrected chi connectivity index (χ0v) is 10.0. The van der Waals surface area contributed by atoms with E-state index in [1.54, 1.807) is 6.20 Å². The van der Waals surface area contributed by atoms with Gasteiger partial charge in [-0.05, 0) is 5.41 Å². The molecule has 6 heteroatoms. The third-order valence-corrected chi connectivity index (χ3v) is 1.92. The number of carbonyl (C=O) groups excluding carboxylic acids is 1. The van der Waals surface area contributed by atoms with Crippen LogP contribution in [0, 0.1) is 5.41 Å². The van der Waals surface area contributed by atoms with Crippen LogP contribution in [-0.4, -0.2) is 27.4 Å². The number of hydrogen-bond donors (Lipinski definition) is 2. The fourth-order valence-corrected chi connectivity index (χ4v) is 1.08. The van der Waals surface area contributed by atoms with Gasteiger partial charge in [0.2, 0.25) is 5.91 Å². The first-order valence-corrected chi connectivity index (χ1v) is 5.26. The Morgan fingerprint density at radius 3 is 2.75 bits per heavy atom. The summed E-state index contributed by atoms with van der Waals surface area (Å²) in [5, 5.41) is 10.4. The lowest BCUT2D eigenvalue weighted by Crippen LogP contribution is -2.34. The standard InChI is InChI=1S/C10H19N5O/c1-10(2,3)7-12-9(16)6-15-5-8(4-11)13-14-15/h5H,4,6-7,11H2,1-3H3,(H,12,16). The van der Waals surface area contributed by atoms with E-state index < -0.39 is 0 Å². The monoisotopic (exact) mass is 225 g/mol. The molecule has 0 fully saturated rings. The lowest BCUT2D eigenvalue weighted by Gasteiger charge is -2.18. The number of nitrogens with one attached hydrogen (secondary N) is 1. The van der Waals surface area contributed by atoms with Gasteiger partial charge < -0.3 is 11.1 Å². The summed E-state index contributed by atoms with van der Waals surface area (Å²) < 4.78 is 1.49. The summed E-state index contributed by atoms with van der Waals surface area (Å²) in [4.78, 5) is 11.5. The van der Waals surface area contributed by atoms with Crippen molar-refractivity contribution < 1.29 is 4.79 Å². The minimum atomic E-state index is -0.0663. The molecular formula is C10H19N5O. The van der Waals surface area contributed by atoms with Gasteiger partial charge in [-0.1, -0.05) is 26.0 Å². The van der Waals surface area contributed by atoms with Crippen LogP contribution < -0.4 is 11.1 Å². The highest BCUT2D eigenvalue weighted by molar-refractivity contribution is 5.75. The van der Waals surface area contributed by atoms with Gasteiger partial charge in [0.1, 0.15) is 6.54 Å². The molecule has 1 aromatic heterocycles. The fraction of sp³-hybridized carbons (Fsp3) is 0.700. The van der Waals surface area contributed by atoms with Crippen LogP contribution in [0.2, 0.25) is 0 Å². The molecule has 90 valence electrons. The van der Waals surface area contributed by atoms with E-state index >= 15 is 0 Å². The van der Waals surface area contributed by atoms with E-state index in [2.05, 4.69) is 36.4 Å². The minimum Gasteiger partial charge on any atom is -0.354 e. The van der Waals surface area contributed by atoms with Crippen LogP contribution in [0.25, 0.3) is 0 Å². The van der Waals surface area contributed by atoms with Gasteiger partial charge in [0.25, 0.3) is 0 Å². The highest BCUT2D eigenvalue weighted by atomic mass is 16.2. The molecule has 0 aliphatic rings. The quantitative estimate of drug-likeness (QED) is 0.749. The molecule has 1 amide bonds. The van der Waals surface area contributed by atoms with Gasteiger partial charge in [-0.2, -0.15) is 0 Å². The van der Waals surface area contributed by atoms with E-state index in [1.165, 1.54) is 4.68 Å². The molecule has 1 heterocycles. The normalized spacial score (nSPS) is 11.5. The zero-order chi connectivity index (χ0) is 12.2. The molecule has 6 nitrogen and oxygen atoms in total. The predicted molar refractivity (Wildman–Crippen MR) is 60.4 cm³/mol. The highest BCUT2D eigenvalue weighted by Gasteiger charge is 2.12. The molecule has 3 N–H and O–H groups in total. The molecule has 0 unspecified atom stereocenters. The number of rotatable bonds is 4. The Hall–Kier alpha value is -1.43. The Bertz CT molecular complexity index is 352. The maximum Gasteiger partial charge on any atom is 0.241 e. The van der Waals surface area contributed by atoms with Gasteiger partial charge in [0.15, 0.2) is 0 Å². The molecule has 0 atom stereocenters. The molecule has 0 aliphatic heterocycles. The summed E-state index contributed by atoms with van der Waals surface area (Å²) in [6.45, 7) is 7.36. The van der Waals surface area contributed by atoms with Crippen molar-refractivity contribution in [1.29, 1.82) is 0 Å². The van der Waals surface area contributed by atoms with E-state index in [0.717, 1.165) is 0 Å². The molecule has 1 rings (SSSR count). The van der Waals surface area contributed by atoms with Crippen molar-refractivity contribution in [2.75, 3.05) is 6.54 Å². The van der Waals surface area contributed by atoms with Crippen LogP contribution in [0.5, 0.6) is 0 Å². The van der Waals surface area contributed by atoms with Crippen molar-refractivity contribution in [2.45, 2.75) is 33.9 Å². The third kappa shape index (κ3) is 4.39. The maximum atomic E-state index is 11.5. The Labute approximate surface area is 95.2 Å². The van der Waals surface area contributed by atoms with Gasteiger partial charge in [-0.3, -0.25) is 4.79 Å². The van der Waals surface area contributed by atoms with Gasteiger partial charge in [0, 0.05) is 13.1 Å². The first kappa shape index (κ1) is 12.6. The van der Waals surface area contributed by atoms with Crippen molar-refractivity contribution in [2.24, 2.45) is 11.1 Å². The summed E-state index contributed by atoms with van der Waals surface area (Å²) in [5.41, 5.74) is 6.16. The van der Waals surface area contributed by atoms with Gasteiger partial charge in [-0.15, -0.1) is 5.10 Å². The van der Waals surface area contributed by atoms with Crippen molar-refractivity contribution in [3.8, 4) is 0 Å². The summed E-state index contributed by atoms with van der Waals surface area (Å²) in [7, 11) is 0. The predicted octanol–water partition coefficient (Wildman–Crippen LogP) is -0.101. The molecule has 0 saturated heterocycles. The smallest absolute Gasteiger partial charge is 0.241 e. The van der Waals surface area contributed by atoms with E-state index in [4.69, 9.17) is 5.73 Å². The molecule has 0 spiro atoms. The third-order valence-electron chi connectivity index (χ3n) is 1.92. The lowest BCUT2D eigenvalue weighted by molar-refractivity contribution is -0.122. The lowest BCUT2D eigenvalue weighted by atomic mass is 9.97. The van der Waals surface area contributed by atoms with Crippen LogP contribution in [0.1, 0.15) is 26.5 Å². The largest absolute Gasteiger partial charge is 0.354 e. The average Bonchev–Trinajstić information content (AvgIpc) is 2.61. The summed E-state index contributed by atoms with van der Waals surface area (Å²) in [5.74, 6) is -0.0663. The van der Waals surface area contributed by atoms with Crippen LogP contribution >= 0.6 is 0 Å². The second-order valence-electron chi connectivity index (χ2n) is 4.95. The van der Waals surface area contributed by atoms with E-state index in [0.29, 0.717) is 18.8 Å². The van der Waals surface area contributed by atoms with Crippen LogP contribution in [0.3, 0.4) is 0 Å². The molecule has 0 bridgehead atoms. The van der Waals surface area contributed by atoms with Crippen LogP contribution in [-0.2, 0) is 17.9 Å². The summed E-state index contributed by atoms with van der Waals surface area (Å²) >= 11 is 0. The zero-order valence-electron chi connectivity index (χ0n) is 10.0. The number of nitrogens with two attached hydrogens (primary N) is 1. The molecule has 0 saturated carbocycles. The second kappa shape index (κ2) is 5.07. The van der Waals surface area contributed by atoms with Gasteiger partial charge in [0.05, 0.1) is 11.9 Å². The van der Waals surface area contributed by atoms with E-state index in [-0.39, 0.29) is 17.9 Å². The van der Waals surface area contributed by atoms with Crippen molar-refractivity contribution >= 4 is 5.91 Å². The van der Waals surface area contributed by atoms with Crippen LogP contribution in [0.4, 0.5) is 0 Å². The SMILES string of the molecule is CC(C)(C)CNC(=O)Cn1cc(CN)nn1. The number of hydrogen-bond acceptors (Lipinski definition) is 4. The topological polar surface area (TPSA) is 85.8 Å². The molecule has 16 heavy (non-hydrogen) atoms. The first-order chi connectivity index (χ1) is 7.40. The van der Waals surface area contributed by atoms with Crippen molar-refractivity contribution in [1.82, 2.24) is 20.3 Å². The number of amides is 1. The van der Waals surface area contributed by atoms with Crippen molar-refractivity contribution in [3.63, 3.8) is 0 Å². The first-order valence-electron chi connectivity index (χ1n) is 5.26. The van der Waals surface area contributed by atoms with E-state index in [9.17, 15) is 4.79 Å². The van der Waals surface area contributed by atoms with Crippen molar-refractivity contribution in [3.05, 3.63) is 11.9 Å². The summed E-state index contributed by atoms with van der Waals surface area (Å²) in [6.07, 6.45) is 1.68. The minimum absolute atomic E-state index is 0.0663. The summed E-state index contributed by atoms with van der Waals surface area (Å²) in [6, 6.07) is 0.